The molecule has 0 heterocycles. The molecule has 0 spiro atoms. The van der Waals surface area contributed by atoms with Gasteiger partial charge in [0.25, 0.3) is 0 Å². The minimum atomic E-state index is 0.0581. The van der Waals surface area contributed by atoms with Crippen LogP contribution in [0.5, 0.6) is 0 Å². The molecular formula is C12H26N2O. The van der Waals surface area contributed by atoms with Crippen molar-refractivity contribution in [2.75, 3.05) is 13.2 Å². The predicted molar refractivity (Wildman–Crippen MR) is 63.7 cm³/mol. The summed E-state index contributed by atoms with van der Waals surface area (Å²) < 4.78 is 0. The second-order valence-corrected chi connectivity index (χ2v) is 5.26. The summed E-state index contributed by atoms with van der Waals surface area (Å²) in [4.78, 5) is 2.42. The summed E-state index contributed by atoms with van der Waals surface area (Å²) in [6, 6.07) is 0.894. The Labute approximate surface area is 93.6 Å². The summed E-state index contributed by atoms with van der Waals surface area (Å²) >= 11 is 0. The highest BCUT2D eigenvalue weighted by Crippen LogP contribution is 2.29. The Bertz CT molecular complexity index is 178. The van der Waals surface area contributed by atoms with E-state index < -0.39 is 0 Å². The van der Waals surface area contributed by atoms with Gasteiger partial charge in [0.15, 0.2) is 0 Å². The van der Waals surface area contributed by atoms with Gasteiger partial charge in [0.1, 0.15) is 0 Å². The van der Waals surface area contributed by atoms with Crippen LogP contribution in [0.3, 0.4) is 0 Å². The molecule has 1 aliphatic rings. The molecule has 2 atom stereocenters. The van der Waals surface area contributed by atoms with Crippen molar-refractivity contribution in [1.82, 2.24) is 4.90 Å². The third kappa shape index (κ3) is 4.09. The first kappa shape index (κ1) is 12.9. The average Bonchev–Trinajstić information content (AvgIpc) is 2.94. The van der Waals surface area contributed by atoms with Crippen LogP contribution in [0.4, 0.5) is 0 Å². The van der Waals surface area contributed by atoms with Gasteiger partial charge < -0.3 is 10.8 Å². The van der Waals surface area contributed by atoms with Gasteiger partial charge in [0, 0.05) is 18.1 Å². The van der Waals surface area contributed by atoms with Crippen LogP contribution in [-0.2, 0) is 0 Å². The first-order valence-corrected chi connectivity index (χ1v) is 6.18. The van der Waals surface area contributed by atoms with Crippen LogP contribution < -0.4 is 5.73 Å². The van der Waals surface area contributed by atoms with Crippen LogP contribution in [0.15, 0.2) is 0 Å². The van der Waals surface area contributed by atoms with Crippen molar-refractivity contribution in [3.05, 3.63) is 0 Å². The number of nitrogens with zero attached hydrogens (tertiary/aromatic N) is 1. The van der Waals surface area contributed by atoms with Gasteiger partial charge in [-0.15, -0.1) is 0 Å². The van der Waals surface area contributed by atoms with Crippen LogP contribution >= 0.6 is 0 Å². The molecule has 0 radical (unpaired) electrons. The van der Waals surface area contributed by atoms with Gasteiger partial charge >= 0.3 is 0 Å². The Morgan fingerprint density at radius 1 is 1.33 bits per heavy atom. The van der Waals surface area contributed by atoms with E-state index in [-0.39, 0.29) is 18.7 Å². The van der Waals surface area contributed by atoms with E-state index in [4.69, 9.17) is 5.73 Å². The quantitative estimate of drug-likeness (QED) is 0.669. The van der Waals surface area contributed by atoms with E-state index in [0.29, 0.717) is 6.04 Å². The molecule has 2 unspecified atom stereocenters. The molecule has 15 heavy (non-hydrogen) atoms. The van der Waals surface area contributed by atoms with E-state index in [1.54, 1.807) is 0 Å². The fraction of sp³-hybridized carbons (Fsp3) is 1.00. The molecule has 3 N–H and O–H groups in total. The Kier molecular flexibility index (Phi) is 5.03. The van der Waals surface area contributed by atoms with Crippen LogP contribution in [0.2, 0.25) is 0 Å². The Morgan fingerprint density at radius 2 is 1.93 bits per heavy atom. The zero-order valence-electron chi connectivity index (χ0n) is 10.3. The molecular weight excluding hydrogens is 188 g/mol. The lowest BCUT2D eigenvalue weighted by molar-refractivity contribution is 0.0963. The minimum absolute atomic E-state index is 0.0581. The fourth-order valence-corrected chi connectivity index (χ4v) is 2.01. The van der Waals surface area contributed by atoms with Crippen molar-refractivity contribution < 1.29 is 5.11 Å². The molecule has 1 rings (SSSR count). The molecule has 0 aromatic heterocycles. The van der Waals surface area contributed by atoms with Crippen LogP contribution in [-0.4, -0.2) is 41.3 Å². The Balaban J connectivity index is 2.47. The summed E-state index contributed by atoms with van der Waals surface area (Å²) in [6.07, 6.45) is 3.75. The Morgan fingerprint density at radius 3 is 2.27 bits per heavy atom. The third-order valence-corrected chi connectivity index (χ3v) is 3.20. The second-order valence-electron chi connectivity index (χ2n) is 5.26. The van der Waals surface area contributed by atoms with Gasteiger partial charge in [0.2, 0.25) is 0 Å². The van der Waals surface area contributed by atoms with Gasteiger partial charge in [-0.1, -0.05) is 13.8 Å². The normalized spacial score (nSPS) is 21.0. The van der Waals surface area contributed by atoms with Gasteiger partial charge in [0.05, 0.1) is 6.61 Å². The van der Waals surface area contributed by atoms with Crippen molar-refractivity contribution in [2.45, 2.75) is 58.2 Å². The van der Waals surface area contributed by atoms with Gasteiger partial charge in [-0.25, -0.2) is 0 Å². The molecule has 0 aliphatic heterocycles. The highest BCUT2D eigenvalue weighted by Gasteiger charge is 2.34. The van der Waals surface area contributed by atoms with E-state index in [9.17, 15) is 5.11 Å². The van der Waals surface area contributed by atoms with Gasteiger partial charge in [-0.3, -0.25) is 4.90 Å². The van der Waals surface area contributed by atoms with Crippen LogP contribution in [0.25, 0.3) is 0 Å². The van der Waals surface area contributed by atoms with Crippen molar-refractivity contribution >= 4 is 0 Å². The molecule has 1 fully saturated rings. The highest BCUT2D eigenvalue weighted by molar-refractivity contribution is 4.91. The molecule has 3 nitrogen and oxygen atoms in total. The molecule has 0 bridgehead atoms. The zero-order chi connectivity index (χ0) is 11.4. The highest BCUT2D eigenvalue weighted by atomic mass is 16.3. The van der Waals surface area contributed by atoms with E-state index in [0.717, 1.165) is 12.5 Å². The zero-order valence-corrected chi connectivity index (χ0v) is 10.3. The lowest BCUT2D eigenvalue weighted by Crippen LogP contribution is -2.50. The van der Waals surface area contributed by atoms with E-state index >= 15 is 0 Å². The number of rotatable bonds is 7. The fourth-order valence-electron chi connectivity index (χ4n) is 2.01. The number of hydrogen-bond donors (Lipinski definition) is 2. The summed E-state index contributed by atoms with van der Waals surface area (Å²) in [7, 11) is 0. The maximum Gasteiger partial charge on any atom is 0.0601 e. The van der Waals surface area contributed by atoms with Crippen molar-refractivity contribution in [1.29, 1.82) is 0 Å². The molecule has 90 valence electrons. The largest absolute Gasteiger partial charge is 0.395 e. The van der Waals surface area contributed by atoms with Crippen molar-refractivity contribution in [3.63, 3.8) is 0 Å². The average molecular weight is 214 g/mol. The third-order valence-electron chi connectivity index (χ3n) is 3.20. The second kappa shape index (κ2) is 5.83. The molecule has 0 aromatic rings. The van der Waals surface area contributed by atoms with Crippen molar-refractivity contribution in [3.8, 4) is 0 Å². The van der Waals surface area contributed by atoms with Crippen LogP contribution in [0.1, 0.15) is 40.0 Å². The first-order valence-electron chi connectivity index (χ1n) is 6.18. The number of nitrogens with two attached hydrogens (primary N) is 1. The number of aliphatic hydroxyl groups excluding tert-OH is 1. The summed E-state index contributed by atoms with van der Waals surface area (Å²) in [5.74, 6) is 0.721. The number of hydrogen-bond acceptors (Lipinski definition) is 3. The summed E-state index contributed by atoms with van der Waals surface area (Å²) in [6.45, 7) is 7.74. The molecule has 0 saturated heterocycles. The van der Waals surface area contributed by atoms with E-state index in [1.807, 2.05) is 6.92 Å². The van der Waals surface area contributed by atoms with Gasteiger partial charge in [-0.05, 0) is 38.6 Å². The van der Waals surface area contributed by atoms with Gasteiger partial charge in [-0.2, -0.15) is 0 Å². The topological polar surface area (TPSA) is 49.5 Å². The SMILES string of the molecule is CC(C)CCN(C1CC1)C(CO)C(C)N. The lowest BCUT2D eigenvalue weighted by atomic mass is 10.1. The summed E-state index contributed by atoms with van der Waals surface area (Å²) in [5.41, 5.74) is 5.92. The number of aliphatic hydroxyl groups is 1. The molecule has 1 saturated carbocycles. The summed E-state index contributed by atoms with van der Waals surface area (Å²) in [5, 5.41) is 9.39. The smallest absolute Gasteiger partial charge is 0.0601 e. The molecule has 0 aromatic carbocycles. The maximum atomic E-state index is 9.39. The maximum absolute atomic E-state index is 9.39. The standard InChI is InChI=1S/C12H26N2O/c1-9(2)6-7-14(11-4-5-11)12(8-15)10(3)13/h9-12,15H,4-8,13H2,1-3H3. The molecule has 3 heteroatoms. The first-order chi connectivity index (χ1) is 7.06. The van der Waals surface area contributed by atoms with E-state index in [2.05, 4.69) is 18.7 Å². The molecule has 0 amide bonds. The Hall–Kier alpha value is -0.120. The van der Waals surface area contributed by atoms with Crippen LogP contribution in [0, 0.1) is 5.92 Å². The van der Waals surface area contributed by atoms with E-state index in [1.165, 1.54) is 19.3 Å². The monoisotopic (exact) mass is 214 g/mol. The predicted octanol–water partition coefficient (Wildman–Crippen LogP) is 1.20. The molecule has 1 aliphatic carbocycles. The minimum Gasteiger partial charge on any atom is -0.395 e. The van der Waals surface area contributed by atoms with Crippen molar-refractivity contribution in [2.24, 2.45) is 11.7 Å². The lowest BCUT2D eigenvalue weighted by Gasteiger charge is -2.33.